The van der Waals surface area contributed by atoms with Crippen molar-refractivity contribution in [1.29, 1.82) is 0 Å². The molecule has 1 N–H and O–H groups in total. The maximum atomic E-state index is 12.7. The topological polar surface area (TPSA) is 116 Å². The second kappa shape index (κ2) is 11.5. The zero-order valence-electron chi connectivity index (χ0n) is 20.2. The van der Waals surface area contributed by atoms with Crippen LogP contribution in [0.15, 0.2) is 47.6 Å². The summed E-state index contributed by atoms with van der Waals surface area (Å²) in [5, 5.41) is 11.8. The normalized spacial score (nSPS) is 10.5. The van der Waals surface area contributed by atoms with Crippen LogP contribution in [0, 0.1) is 0 Å². The largest absolute Gasteiger partial charge is 0.465 e. The standard InChI is InChI=1S/C24H27N5O5S/c1-6-29-21(15-7-10-17(11-8-15)28(2)3)26-27-24(29)35-14-20(30)25-19-13-16(22(31)33-4)9-12-18(19)23(32)34-5/h7-13H,6,14H2,1-5H3,(H,25,30). The summed E-state index contributed by atoms with van der Waals surface area (Å²) >= 11 is 1.22. The number of hydrogen-bond acceptors (Lipinski definition) is 9. The highest BCUT2D eigenvalue weighted by Gasteiger charge is 2.19. The van der Waals surface area contributed by atoms with Crippen molar-refractivity contribution in [2.75, 3.05) is 44.3 Å². The molecule has 0 saturated heterocycles. The molecular weight excluding hydrogens is 470 g/mol. The predicted molar refractivity (Wildman–Crippen MR) is 134 cm³/mol. The van der Waals surface area contributed by atoms with Crippen LogP contribution < -0.4 is 10.2 Å². The third kappa shape index (κ3) is 5.99. The van der Waals surface area contributed by atoms with Gasteiger partial charge in [0.25, 0.3) is 0 Å². The van der Waals surface area contributed by atoms with Crippen molar-refractivity contribution in [2.24, 2.45) is 0 Å². The van der Waals surface area contributed by atoms with E-state index in [0.29, 0.717) is 17.5 Å². The van der Waals surface area contributed by atoms with Crippen LogP contribution in [0.5, 0.6) is 0 Å². The molecule has 0 spiro atoms. The first-order valence-electron chi connectivity index (χ1n) is 10.7. The Balaban J connectivity index is 1.76. The molecule has 3 rings (SSSR count). The highest BCUT2D eigenvalue weighted by atomic mass is 32.2. The zero-order chi connectivity index (χ0) is 25.5. The molecule has 1 aromatic heterocycles. The van der Waals surface area contributed by atoms with Crippen LogP contribution in [0.25, 0.3) is 11.4 Å². The Morgan fingerprint density at radius 1 is 1.00 bits per heavy atom. The fourth-order valence-corrected chi connectivity index (χ4v) is 4.10. The van der Waals surface area contributed by atoms with Gasteiger partial charge in [-0.2, -0.15) is 0 Å². The molecule has 0 radical (unpaired) electrons. The Morgan fingerprint density at radius 2 is 1.69 bits per heavy atom. The maximum absolute atomic E-state index is 12.7. The number of carbonyl (C=O) groups is 3. The molecule has 0 aliphatic rings. The molecule has 10 nitrogen and oxygen atoms in total. The van der Waals surface area contributed by atoms with Crippen LogP contribution in [0.4, 0.5) is 11.4 Å². The Kier molecular flexibility index (Phi) is 8.48. The van der Waals surface area contributed by atoms with Crippen molar-refractivity contribution in [1.82, 2.24) is 14.8 Å². The first-order valence-corrected chi connectivity index (χ1v) is 11.7. The highest BCUT2D eigenvalue weighted by molar-refractivity contribution is 7.99. The van der Waals surface area contributed by atoms with E-state index in [2.05, 4.69) is 15.5 Å². The minimum absolute atomic E-state index is 0.0146. The van der Waals surface area contributed by atoms with Gasteiger partial charge in [-0.3, -0.25) is 4.79 Å². The first-order chi connectivity index (χ1) is 16.8. The van der Waals surface area contributed by atoms with Crippen molar-refractivity contribution < 1.29 is 23.9 Å². The first kappa shape index (κ1) is 25.8. The van der Waals surface area contributed by atoms with Crippen LogP contribution in [-0.2, 0) is 20.8 Å². The van der Waals surface area contributed by atoms with Crippen LogP contribution in [0.1, 0.15) is 27.6 Å². The Bertz CT molecular complexity index is 1220. The van der Waals surface area contributed by atoms with E-state index in [1.165, 1.54) is 44.2 Å². The van der Waals surface area contributed by atoms with Gasteiger partial charge in [0, 0.05) is 31.9 Å². The summed E-state index contributed by atoms with van der Waals surface area (Å²) in [7, 11) is 6.44. The van der Waals surface area contributed by atoms with Crippen LogP contribution in [0.2, 0.25) is 0 Å². The van der Waals surface area contributed by atoms with Crippen molar-refractivity contribution in [3.05, 3.63) is 53.6 Å². The van der Waals surface area contributed by atoms with E-state index in [4.69, 9.17) is 9.47 Å². The summed E-state index contributed by atoms with van der Waals surface area (Å²) in [5.41, 5.74) is 2.47. The van der Waals surface area contributed by atoms with E-state index in [-0.39, 0.29) is 28.5 Å². The predicted octanol–water partition coefficient (Wildman–Crippen LogP) is 3.34. The lowest BCUT2D eigenvalue weighted by Crippen LogP contribution is -2.18. The lowest BCUT2D eigenvalue weighted by molar-refractivity contribution is -0.113. The second-order valence-corrected chi connectivity index (χ2v) is 8.51. The number of benzene rings is 2. The summed E-state index contributed by atoms with van der Waals surface area (Å²) in [6, 6.07) is 12.2. The molecule has 0 fully saturated rings. The van der Waals surface area contributed by atoms with E-state index in [1.54, 1.807) is 0 Å². The number of aromatic nitrogens is 3. The third-order valence-corrected chi connectivity index (χ3v) is 6.09. The third-order valence-electron chi connectivity index (χ3n) is 5.13. The SMILES string of the molecule is CCn1c(SCC(=O)Nc2cc(C(=O)OC)ccc2C(=O)OC)nnc1-c1ccc(N(C)C)cc1. The number of ether oxygens (including phenoxy) is 2. The molecule has 0 aliphatic carbocycles. The van der Waals surface area contributed by atoms with Crippen LogP contribution in [-0.4, -0.2) is 66.7 Å². The van der Waals surface area contributed by atoms with Crippen LogP contribution in [0.3, 0.4) is 0 Å². The Morgan fingerprint density at radius 3 is 2.29 bits per heavy atom. The number of nitrogens with zero attached hydrogens (tertiary/aromatic N) is 4. The van der Waals surface area contributed by atoms with Crippen LogP contribution >= 0.6 is 11.8 Å². The Hall–Kier alpha value is -3.86. The number of carbonyl (C=O) groups excluding carboxylic acids is 3. The number of thioether (sulfide) groups is 1. The average Bonchev–Trinajstić information content (AvgIpc) is 3.29. The smallest absolute Gasteiger partial charge is 0.339 e. The van der Waals surface area contributed by atoms with Gasteiger partial charge in [-0.15, -0.1) is 10.2 Å². The molecule has 11 heteroatoms. The molecule has 184 valence electrons. The number of rotatable bonds is 9. The summed E-state index contributed by atoms with van der Waals surface area (Å²) < 4.78 is 11.4. The lowest BCUT2D eigenvalue weighted by Gasteiger charge is -2.13. The molecule has 0 aliphatic heterocycles. The van der Waals surface area contributed by atoms with Gasteiger partial charge < -0.3 is 24.3 Å². The van der Waals surface area contributed by atoms with E-state index in [0.717, 1.165) is 11.3 Å². The highest BCUT2D eigenvalue weighted by Crippen LogP contribution is 2.26. The molecule has 0 saturated carbocycles. The molecule has 2 aromatic carbocycles. The maximum Gasteiger partial charge on any atom is 0.339 e. The van der Waals surface area contributed by atoms with E-state index in [9.17, 15) is 14.4 Å². The average molecular weight is 498 g/mol. The zero-order valence-corrected chi connectivity index (χ0v) is 21.0. The van der Waals surface area contributed by atoms with Crippen molar-refractivity contribution in [2.45, 2.75) is 18.6 Å². The van der Waals surface area contributed by atoms with E-state index >= 15 is 0 Å². The summed E-state index contributed by atoms with van der Waals surface area (Å²) in [5.74, 6) is -0.890. The van der Waals surface area contributed by atoms with Crippen molar-refractivity contribution in [3.63, 3.8) is 0 Å². The lowest BCUT2D eigenvalue weighted by atomic mass is 10.1. The fourth-order valence-electron chi connectivity index (χ4n) is 3.30. The number of hydrogen-bond donors (Lipinski definition) is 1. The quantitative estimate of drug-likeness (QED) is 0.351. The van der Waals surface area contributed by atoms with E-state index in [1.807, 2.05) is 54.8 Å². The Labute approximate surface area is 207 Å². The molecule has 1 amide bonds. The molecular formula is C24H27N5O5S. The molecule has 1 heterocycles. The number of amides is 1. The number of esters is 2. The van der Waals surface area contributed by atoms with Gasteiger partial charge in [0.15, 0.2) is 11.0 Å². The van der Waals surface area contributed by atoms with Gasteiger partial charge in [0.05, 0.1) is 36.8 Å². The van der Waals surface area contributed by atoms with Gasteiger partial charge in [0.1, 0.15) is 0 Å². The molecule has 3 aromatic rings. The summed E-state index contributed by atoms with van der Waals surface area (Å²) in [6.07, 6.45) is 0. The number of anilines is 2. The molecule has 35 heavy (non-hydrogen) atoms. The van der Waals surface area contributed by atoms with Gasteiger partial charge in [-0.05, 0) is 49.4 Å². The minimum Gasteiger partial charge on any atom is -0.465 e. The van der Waals surface area contributed by atoms with Crippen molar-refractivity contribution >= 4 is 41.0 Å². The van der Waals surface area contributed by atoms with Gasteiger partial charge in [-0.25, -0.2) is 9.59 Å². The second-order valence-electron chi connectivity index (χ2n) is 7.57. The summed E-state index contributed by atoms with van der Waals surface area (Å²) in [6.45, 7) is 2.60. The van der Waals surface area contributed by atoms with Gasteiger partial charge >= 0.3 is 11.9 Å². The van der Waals surface area contributed by atoms with Gasteiger partial charge in [-0.1, -0.05) is 11.8 Å². The minimum atomic E-state index is -0.639. The molecule has 0 unspecified atom stereocenters. The number of methoxy groups -OCH3 is 2. The van der Waals surface area contributed by atoms with Crippen molar-refractivity contribution in [3.8, 4) is 11.4 Å². The monoisotopic (exact) mass is 497 g/mol. The number of nitrogens with one attached hydrogen (secondary N) is 1. The summed E-state index contributed by atoms with van der Waals surface area (Å²) in [4.78, 5) is 38.7. The molecule has 0 bridgehead atoms. The molecule has 0 atom stereocenters. The fraction of sp³-hybridized carbons (Fsp3) is 0.292. The van der Waals surface area contributed by atoms with Gasteiger partial charge in [0.2, 0.25) is 5.91 Å². The van der Waals surface area contributed by atoms with E-state index < -0.39 is 11.9 Å².